The summed E-state index contributed by atoms with van der Waals surface area (Å²) in [4.78, 5) is 27.0. The largest absolute Gasteiger partial charge is 0.370 e. The highest BCUT2D eigenvalue weighted by atomic mass is 32.2. The second-order valence-corrected chi connectivity index (χ2v) is 5.17. The van der Waals surface area contributed by atoms with Crippen LogP contribution in [-0.2, 0) is 6.42 Å². The third-order valence-corrected chi connectivity index (χ3v) is 3.30. The number of H-pyrrole nitrogens is 1. The Labute approximate surface area is 121 Å². The lowest BCUT2D eigenvalue weighted by molar-refractivity contribution is 0.814. The number of hydrogen-bond donors (Lipinski definition) is 2. The normalized spacial score (nSPS) is 10.5. The Morgan fingerprint density at radius 3 is 2.90 bits per heavy atom. The van der Waals surface area contributed by atoms with Gasteiger partial charge >= 0.3 is 0 Å². The molecule has 20 heavy (non-hydrogen) atoms. The summed E-state index contributed by atoms with van der Waals surface area (Å²) in [7, 11) is 0. The molecular formula is C13H17N5OS. The average molecular weight is 291 g/mol. The van der Waals surface area contributed by atoms with Gasteiger partial charge in [0.05, 0.1) is 0 Å². The fraction of sp³-hybridized carbons (Fsp3) is 0.385. The van der Waals surface area contributed by atoms with Crippen molar-refractivity contribution in [3.8, 4) is 0 Å². The first-order chi connectivity index (χ1) is 9.71. The van der Waals surface area contributed by atoms with Crippen LogP contribution in [0.5, 0.6) is 0 Å². The van der Waals surface area contributed by atoms with Gasteiger partial charge in [0.2, 0.25) is 0 Å². The standard InChI is InChI=1S/C13H17N5OS/c1-3-5-9-6-11(19)18-13(17-9)20-12-7-10(14-4-2)15-8-16-12/h6-8H,3-5H2,1-2H3,(H,14,15,16)(H,17,18,19). The number of hydrogen-bond acceptors (Lipinski definition) is 6. The minimum Gasteiger partial charge on any atom is -0.370 e. The van der Waals surface area contributed by atoms with Crippen LogP contribution in [0.3, 0.4) is 0 Å². The molecule has 0 bridgehead atoms. The summed E-state index contributed by atoms with van der Waals surface area (Å²) in [6, 6.07) is 3.37. The van der Waals surface area contributed by atoms with E-state index in [0.717, 1.165) is 35.9 Å². The molecule has 0 saturated carbocycles. The predicted molar refractivity (Wildman–Crippen MR) is 79.2 cm³/mol. The Balaban J connectivity index is 2.20. The summed E-state index contributed by atoms with van der Waals surface area (Å²) in [6.07, 6.45) is 3.25. The van der Waals surface area contributed by atoms with Crippen molar-refractivity contribution in [2.24, 2.45) is 0 Å². The van der Waals surface area contributed by atoms with E-state index >= 15 is 0 Å². The maximum absolute atomic E-state index is 11.6. The third kappa shape index (κ3) is 4.06. The SMILES string of the molecule is CCCc1cc(=O)[nH]c(Sc2cc(NCC)ncn2)n1. The van der Waals surface area contributed by atoms with Crippen molar-refractivity contribution in [1.82, 2.24) is 19.9 Å². The van der Waals surface area contributed by atoms with Crippen molar-refractivity contribution in [2.75, 3.05) is 11.9 Å². The number of nitrogens with zero attached hydrogens (tertiary/aromatic N) is 3. The number of anilines is 1. The van der Waals surface area contributed by atoms with Gasteiger partial charge in [-0.05, 0) is 25.1 Å². The smallest absolute Gasteiger partial charge is 0.251 e. The predicted octanol–water partition coefficient (Wildman–Crippen LogP) is 2.10. The van der Waals surface area contributed by atoms with Crippen LogP contribution in [0.25, 0.3) is 0 Å². The first kappa shape index (κ1) is 14.5. The van der Waals surface area contributed by atoms with E-state index in [2.05, 4.69) is 32.2 Å². The van der Waals surface area contributed by atoms with Crippen LogP contribution in [0.15, 0.2) is 33.4 Å². The summed E-state index contributed by atoms with van der Waals surface area (Å²) in [5.41, 5.74) is 0.673. The minimum absolute atomic E-state index is 0.132. The van der Waals surface area contributed by atoms with E-state index < -0.39 is 0 Å². The van der Waals surface area contributed by atoms with Crippen molar-refractivity contribution in [2.45, 2.75) is 36.9 Å². The van der Waals surface area contributed by atoms with Gasteiger partial charge in [0, 0.05) is 24.4 Å². The molecule has 2 aromatic heterocycles. The second kappa shape index (κ2) is 7.04. The summed E-state index contributed by atoms with van der Waals surface area (Å²) in [5, 5.41) is 4.42. The summed E-state index contributed by atoms with van der Waals surface area (Å²) >= 11 is 1.32. The molecule has 6 nitrogen and oxygen atoms in total. The van der Waals surface area contributed by atoms with E-state index in [1.54, 1.807) is 0 Å². The van der Waals surface area contributed by atoms with Gasteiger partial charge in [-0.1, -0.05) is 13.3 Å². The molecule has 0 fully saturated rings. The first-order valence-electron chi connectivity index (χ1n) is 6.55. The summed E-state index contributed by atoms with van der Waals surface area (Å²) in [6.45, 7) is 4.85. The Morgan fingerprint density at radius 1 is 1.30 bits per heavy atom. The van der Waals surface area contributed by atoms with Gasteiger partial charge in [-0.2, -0.15) is 0 Å². The van der Waals surface area contributed by atoms with Gasteiger partial charge in [-0.25, -0.2) is 15.0 Å². The quantitative estimate of drug-likeness (QED) is 0.626. The molecule has 0 spiro atoms. The number of rotatable bonds is 6. The van der Waals surface area contributed by atoms with Gasteiger partial charge in [0.1, 0.15) is 17.2 Å². The second-order valence-electron chi connectivity index (χ2n) is 4.17. The highest BCUT2D eigenvalue weighted by Gasteiger charge is 2.05. The van der Waals surface area contributed by atoms with Crippen molar-refractivity contribution in [1.29, 1.82) is 0 Å². The topological polar surface area (TPSA) is 83.6 Å². The highest BCUT2D eigenvalue weighted by molar-refractivity contribution is 7.99. The maximum atomic E-state index is 11.6. The zero-order chi connectivity index (χ0) is 14.4. The Bertz CT molecular complexity index is 628. The molecule has 2 rings (SSSR count). The molecule has 2 aromatic rings. The Kier molecular flexibility index (Phi) is 5.11. The number of aromatic amines is 1. The van der Waals surface area contributed by atoms with E-state index in [-0.39, 0.29) is 5.56 Å². The van der Waals surface area contributed by atoms with E-state index in [1.807, 2.05) is 13.0 Å². The fourth-order valence-electron chi connectivity index (χ4n) is 1.69. The summed E-state index contributed by atoms with van der Waals surface area (Å²) in [5.74, 6) is 0.761. The van der Waals surface area contributed by atoms with Crippen LogP contribution in [0, 0.1) is 0 Å². The van der Waals surface area contributed by atoms with Gasteiger partial charge in [-0.3, -0.25) is 4.79 Å². The van der Waals surface area contributed by atoms with Crippen LogP contribution in [0.4, 0.5) is 5.82 Å². The lowest BCUT2D eigenvalue weighted by Crippen LogP contribution is -2.10. The summed E-state index contributed by atoms with van der Waals surface area (Å²) < 4.78 is 0. The molecule has 2 N–H and O–H groups in total. The minimum atomic E-state index is -0.132. The van der Waals surface area contributed by atoms with Crippen LogP contribution >= 0.6 is 11.8 Å². The van der Waals surface area contributed by atoms with Crippen molar-refractivity contribution < 1.29 is 0 Å². The first-order valence-corrected chi connectivity index (χ1v) is 7.37. The van der Waals surface area contributed by atoms with E-state index in [9.17, 15) is 4.79 Å². The maximum Gasteiger partial charge on any atom is 0.251 e. The molecule has 0 aliphatic carbocycles. The zero-order valence-electron chi connectivity index (χ0n) is 11.5. The lowest BCUT2D eigenvalue weighted by Gasteiger charge is -2.05. The van der Waals surface area contributed by atoms with Gasteiger partial charge < -0.3 is 10.3 Å². The molecule has 0 atom stereocenters. The van der Waals surface area contributed by atoms with E-state index in [4.69, 9.17) is 0 Å². The molecule has 0 aliphatic rings. The molecule has 7 heteroatoms. The van der Waals surface area contributed by atoms with Gasteiger partial charge in [-0.15, -0.1) is 0 Å². The van der Waals surface area contributed by atoms with Crippen LogP contribution in [0.1, 0.15) is 26.0 Å². The molecular weight excluding hydrogens is 274 g/mol. The van der Waals surface area contributed by atoms with Crippen molar-refractivity contribution in [3.63, 3.8) is 0 Å². The van der Waals surface area contributed by atoms with Crippen molar-refractivity contribution >= 4 is 17.6 Å². The lowest BCUT2D eigenvalue weighted by atomic mass is 10.2. The van der Waals surface area contributed by atoms with Gasteiger partial charge in [0.25, 0.3) is 5.56 Å². The van der Waals surface area contributed by atoms with E-state index in [1.165, 1.54) is 24.2 Å². The molecule has 0 saturated heterocycles. The van der Waals surface area contributed by atoms with Crippen molar-refractivity contribution in [3.05, 3.63) is 34.5 Å². The zero-order valence-corrected chi connectivity index (χ0v) is 12.3. The highest BCUT2D eigenvalue weighted by Crippen LogP contribution is 2.23. The molecule has 0 aromatic carbocycles. The molecule has 0 radical (unpaired) electrons. The van der Waals surface area contributed by atoms with Crippen LogP contribution in [0.2, 0.25) is 0 Å². The number of aromatic nitrogens is 4. The monoisotopic (exact) mass is 291 g/mol. The van der Waals surface area contributed by atoms with Crippen LogP contribution < -0.4 is 10.9 Å². The van der Waals surface area contributed by atoms with E-state index in [0.29, 0.717) is 5.16 Å². The fourth-order valence-corrected chi connectivity index (χ4v) is 2.47. The molecule has 2 heterocycles. The Morgan fingerprint density at radius 2 is 2.15 bits per heavy atom. The van der Waals surface area contributed by atoms with Gasteiger partial charge in [0.15, 0.2) is 5.16 Å². The molecule has 0 aliphatic heterocycles. The number of aryl methyl sites for hydroxylation is 1. The number of nitrogens with one attached hydrogen (secondary N) is 2. The third-order valence-electron chi connectivity index (χ3n) is 2.48. The average Bonchev–Trinajstić information content (AvgIpc) is 2.39. The Hall–Kier alpha value is -1.89. The molecule has 0 amide bonds. The molecule has 106 valence electrons. The molecule has 0 unspecified atom stereocenters. The van der Waals surface area contributed by atoms with Crippen LogP contribution in [-0.4, -0.2) is 26.5 Å².